The first kappa shape index (κ1) is 9.85. The Hall–Kier alpha value is -0.240. The molecule has 0 aliphatic carbocycles. The zero-order valence-electron chi connectivity index (χ0n) is 6.49. The summed E-state index contributed by atoms with van der Waals surface area (Å²) >= 11 is 0. The summed E-state index contributed by atoms with van der Waals surface area (Å²) < 4.78 is 9.19. The average Bonchev–Trinajstić information content (AvgIpc) is 2.08. The van der Waals surface area contributed by atoms with Gasteiger partial charge in [-0.3, -0.25) is 0 Å². The van der Waals surface area contributed by atoms with E-state index in [4.69, 9.17) is 20.4 Å². The maximum absolute atomic E-state index is 9.15. The minimum Gasteiger partial charge on any atom is -0.387 e. The van der Waals surface area contributed by atoms with Crippen LogP contribution >= 0.6 is 0 Å². The lowest BCUT2D eigenvalue weighted by Crippen LogP contribution is -2.57. The molecule has 0 spiro atoms. The highest BCUT2D eigenvalue weighted by Crippen LogP contribution is 2.19. The number of aliphatic hydroxyl groups is 4. The van der Waals surface area contributed by atoms with E-state index in [2.05, 4.69) is 9.47 Å². The van der Waals surface area contributed by atoms with Gasteiger partial charge in [0.25, 0.3) is 0 Å². The third-order valence-corrected chi connectivity index (χ3v) is 1.78. The number of hydrogen-bond donors (Lipinski definition) is 4. The van der Waals surface area contributed by atoms with E-state index in [1.54, 1.807) is 0 Å². The van der Waals surface area contributed by atoms with Gasteiger partial charge < -0.3 is 29.9 Å². The van der Waals surface area contributed by atoms with Crippen molar-refractivity contribution in [3.63, 3.8) is 0 Å². The molecule has 1 heterocycles. The summed E-state index contributed by atoms with van der Waals surface area (Å²) in [6, 6.07) is 0. The number of methoxy groups -OCH3 is 1. The fraction of sp³-hybridized carbons (Fsp3) is 1.00. The van der Waals surface area contributed by atoms with Crippen LogP contribution in [0.25, 0.3) is 0 Å². The van der Waals surface area contributed by atoms with Crippen molar-refractivity contribution in [2.24, 2.45) is 0 Å². The van der Waals surface area contributed by atoms with Crippen molar-refractivity contribution in [2.45, 2.75) is 30.9 Å². The minimum atomic E-state index is -1.53. The molecule has 0 radical (unpaired) electrons. The lowest BCUT2D eigenvalue weighted by molar-refractivity contribution is -0.334. The summed E-state index contributed by atoms with van der Waals surface area (Å²) in [7, 11) is 1.25. The Labute approximate surface area is 69.0 Å². The first-order valence-electron chi connectivity index (χ1n) is 3.48. The molecular formula is C6H12O6. The largest absolute Gasteiger partial charge is 0.387 e. The molecule has 0 aromatic rings. The quantitative estimate of drug-likeness (QED) is 0.353. The smallest absolute Gasteiger partial charge is 0.188 e. The SMILES string of the molecule is COC1OC(O)[C@@H](O)[C@@H](O)[C@@H]1O. The van der Waals surface area contributed by atoms with Crippen LogP contribution in [-0.4, -0.2) is 58.4 Å². The molecule has 1 saturated heterocycles. The van der Waals surface area contributed by atoms with E-state index in [9.17, 15) is 0 Å². The molecule has 4 N–H and O–H groups in total. The van der Waals surface area contributed by atoms with Gasteiger partial charge in [0.1, 0.15) is 18.3 Å². The van der Waals surface area contributed by atoms with E-state index < -0.39 is 30.9 Å². The van der Waals surface area contributed by atoms with Gasteiger partial charge in [0, 0.05) is 7.11 Å². The number of ether oxygens (including phenoxy) is 2. The first-order chi connectivity index (χ1) is 5.57. The summed E-state index contributed by atoms with van der Waals surface area (Å²) in [5, 5.41) is 36.2. The van der Waals surface area contributed by atoms with E-state index in [0.29, 0.717) is 0 Å². The van der Waals surface area contributed by atoms with E-state index in [-0.39, 0.29) is 0 Å². The number of rotatable bonds is 1. The normalized spacial score (nSPS) is 49.2. The second kappa shape index (κ2) is 3.65. The standard InChI is InChI=1S/C6H12O6/c1-11-6-4(9)2(7)3(8)5(10)12-6/h2-10H,1H3/t2-,3+,4+,5?,6?/m1/s1. The highest BCUT2D eigenvalue weighted by Gasteiger charge is 2.43. The van der Waals surface area contributed by atoms with Crippen molar-refractivity contribution in [1.29, 1.82) is 0 Å². The maximum Gasteiger partial charge on any atom is 0.188 e. The molecule has 0 amide bonds. The van der Waals surface area contributed by atoms with Gasteiger partial charge in [-0.05, 0) is 0 Å². The summed E-state index contributed by atoms with van der Waals surface area (Å²) in [5.41, 5.74) is 0. The summed E-state index contributed by atoms with van der Waals surface area (Å²) in [6.07, 6.45) is -6.97. The molecule has 0 aromatic heterocycles. The summed E-state index contributed by atoms with van der Waals surface area (Å²) in [6.45, 7) is 0. The van der Waals surface area contributed by atoms with Crippen molar-refractivity contribution < 1.29 is 29.9 Å². The monoisotopic (exact) mass is 180 g/mol. The van der Waals surface area contributed by atoms with Gasteiger partial charge in [-0.15, -0.1) is 0 Å². The summed E-state index contributed by atoms with van der Waals surface area (Å²) in [4.78, 5) is 0. The molecule has 0 bridgehead atoms. The van der Waals surface area contributed by atoms with Crippen molar-refractivity contribution in [2.75, 3.05) is 7.11 Å². The Kier molecular flexibility index (Phi) is 2.99. The molecule has 1 aliphatic heterocycles. The Bertz CT molecular complexity index is 146. The Balaban J connectivity index is 2.63. The highest BCUT2D eigenvalue weighted by molar-refractivity contribution is 4.84. The Morgan fingerprint density at radius 2 is 1.58 bits per heavy atom. The topological polar surface area (TPSA) is 99.4 Å². The van der Waals surface area contributed by atoms with Crippen LogP contribution in [0.15, 0.2) is 0 Å². The molecule has 6 nitrogen and oxygen atoms in total. The number of aliphatic hydroxyl groups excluding tert-OH is 4. The Morgan fingerprint density at radius 1 is 1.00 bits per heavy atom. The van der Waals surface area contributed by atoms with E-state index in [1.165, 1.54) is 7.11 Å². The molecule has 0 saturated carbocycles. The molecule has 12 heavy (non-hydrogen) atoms. The lowest BCUT2D eigenvalue weighted by Gasteiger charge is -2.37. The van der Waals surface area contributed by atoms with Crippen molar-refractivity contribution in [3.05, 3.63) is 0 Å². The predicted molar refractivity (Wildman–Crippen MR) is 35.9 cm³/mol. The van der Waals surface area contributed by atoms with Crippen LogP contribution in [0.3, 0.4) is 0 Å². The third kappa shape index (κ3) is 1.58. The molecule has 0 aromatic carbocycles. The maximum atomic E-state index is 9.15. The fourth-order valence-electron chi connectivity index (χ4n) is 1.03. The van der Waals surface area contributed by atoms with Gasteiger partial charge in [-0.25, -0.2) is 0 Å². The second-order valence-electron chi connectivity index (χ2n) is 2.60. The van der Waals surface area contributed by atoms with Crippen LogP contribution in [-0.2, 0) is 9.47 Å². The van der Waals surface area contributed by atoms with E-state index in [1.807, 2.05) is 0 Å². The van der Waals surface area contributed by atoms with Gasteiger partial charge in [0.2, 0.25) is 0 Å². The zero-order valence-corrected chi connectivity index (χ0v) is 6.49. The predicted octanol–water partition coefficient (Wildman–Crippen LogP) is -2.61. The van der Waals surface area contributed by atoms with Gasteiger partial charge in [0.15, 0.2) is 12.6 Å². The van der Waals surface area contributed by atoms with Crippen LogP contribution in [0.2, 0.25) is 0 Å². The van der Waals surface area contributed by atoms with Crippen molar-refractivity contribution in [1.82, 2.24) is 0 Å². The molecule has 6 heteroatoms. The molecule has 1 rings (SSSR count). The Morgan fingerprint density at radius 3 is 2.08 bits per heavy atom. The molecular weight excluding hydrogens is 168 g/mol. The molecule has 5 atom stereocenters. The van der Waals surface area contributed by atoms with E-state index in [0.717, 1.165) is 0 Å². The highest BCUT2D eigenvalue weighted by atomic mass is 16.7. The van der Waals surface area contributed by atoms with Crippen LogP contribution in [0.5, 0.6) is 0 Å². The molecule has 2 unspecified atom stereocenters. The van der Waals surface area contributed by atoms with Crippen LogP contribution in [0, 0.1) is 0 Å². The lowest BCUT2D eigenvalue weighted by atomic mass is 10.0. The average molecular weight is 180 g/mol. The molecule has 72 valence electrons. The van der Waals surface area contributed by atoms with Crippen LogP contribution in [0.4, 0.5) is 0 Å². The van der Waals surface area contributed by atoms with Crippen LogP contribution in [0.1, 0.15) is 0 Å². The van der Waals surface area contributed by atoms with Gasteiger partial charge in [-0.2, -0.15) is 0 Å². The van der Waals surface area contributed by atoms with Gasteiger partial charge >= 0.3 is 0 Å². The summed E-state index contributed by atoms with van der Waals surface area (Å²) in [5.74, 6) is 0. The molecule has 1 aliphatic rings. The number of hydrogen-bond acceptors (Lipinski definition) is 6. The van der Waals surface area contributed by atoms with Crippen LogP contribution < -0.4 is 0 Å². The van der Waals surface area contributed by atoms with Gasteiger partial charge in [0.05, 0.1) is 0 Å². The zero-order chi connectivity index (χ0) is 9.30. The van der Waals surface area contributed by atoms with Crippen molar-refractivity contribution >= 4 is 0 Å². The fourth-order valence-corrected chi connectivity index (χ4v) is 1.03. The molecule has 1 fully saturated rings. The van der Waals surface area contributed by atoms with Gasteiger partial charge in [-0.1, -0.05) is 0 Å². The third-order valence-electron chi connectivity index (χ3n) is 1.78. The van der Waals surface area contributed by atoms with E-state index >= 15 is 0 Å². The second-order valence-corrected chi connectivity index (χ2v) is 2.60. The first-order valence-corrected chi connectivity index (χ1v) is 3.48. The van der Waals surface area contributed by atoms with Crippen molar-refractivity contribution in [3.8, 4) is 0 Å². The minimum absolute atomic E-state index is 1.11.